The van der Waals surface area contributed by atoms with Crippen LogP contribution in [0.3, 0.4) is 0 Å². The predicted molar refractivity (Wildman–Crippen MR) is 74.0 cm³/mol. The van der Waals surface area contributed by atoms with E-state index in [1.807, 2.05) is 19.9 Å². The van der Waals surface area contributed by atoms with Crippen LogP contribution in [0.1, 0.15) is 18.2 Å². The minimum Gasteiger partial charge on any atom is -0.479 e. The molecule has 100 valence electrons. The minimum atomic E-state index is -1.02. The summed E-state index contributed by atoms with van der Waals surface area (Å²) in [5, 5.41) is 10.3. The zero-order chi connectivity index (χ0) is 14.2. The Labute approximate surface area is 116 Å². The molecule has 4 nitrogen and oxygen atoms in total. The average Bonchev–Trinajstić information content (AvgIpc) is 2.31. The van der Waals surface area contributed by atoms with Gasteiger partial charge in [-0.1, -0.05) is 11.6 Å². The van der Waals surface area contributed by atoms with E-state index in [9.17, 15) is 4.79 Å². The number of hydrogen-bond acceptors (Lipinski definition) is 3. The van der Waals surface area contributed by atoms with Gasteiger partial charge in [0.1, 0.15) is 11.3 Å². The Bertz CT molecular complexity index is 655. The first kappa shape index (κ1) is 13.6. The summed E-state index contributed by atoms with van der Waals surface area (Å²) in [6.45, 7) is 5.29. The van der Waals surface area contributed by atoms with Crippen LogP contribution in [-0.2, 0) is 4.79 Å². The summed E-state index contributed by atoms with van der Waals surface area (Å²) in [5.74, 6) is -0.589. The molecule has 1 atom stereocenters. The van der Waals surface area contributed by atoms with Crippen molar-refractivity contribution in [3.63, 3.8) is 0 Å². The molecule has 0 aliphatic carbocycles. The molecule has 0 saturated heterocycles. The van der Waals surface area contributed by atoms with Crippen LogP contribution in [0, 0.1) is 13.8 Å². The maximum atomic E-state index is 10.9. The summed E-state index contributed by atoms with van der Waals surface area (Å²) in [6.07, 6.45) is -0.938. The van der Waals surface area contributed by atoms with E-state index in [0.717, 1.165) is 16.6 Å². The summed E-state index contributed by atoms with van der Waals surface area (Å²) in [4.78, 5) is 15.3. The van der Waals surface area contributed by atoms with E-state index < -0.39 is 12.1 Å². The molecule has 2 aromatic rings. The summed E-state index contributed by atoms with van der Waals surface area (Å²) in [5.41, 5.74) is 2.42. The number of aryl methyl sites for hydroxylation is 2. The second kappa shape index (κ2) is 5.05. The number of ether oxygens (including phenoxy) is 1. The highest BCUT2D eigenvalue weighted by atomic mass is 35.5. The Morgan fingerprint density at radius 1 is 1.42 bits per heavy atom. The number of benzene rings is 1. The van der Waals surface area contributed by atoms with E-state index in [1.54, 1.807) is 12.1 Å². The second-order valence-corrected chi connectivity index (χ2v) is 4.86. The Morgan fingerprint density at radius 3 is 2.74 bits per heavy atom. The van der Waals surface area contributed by atoms with Crippen LogP contribution in [0.2, 0.25) is 5.02 Å². The number of aliphatic carboxylic acids is 1. The van der Waals surface area contributed by atoms with Crippen LogP contribution in [0.4, 0.5) is 0 Å². The molecule has 0 aliphatic heterocycles. The van der Waals surface area contributed by atoms with Crippen molar-refractivity contribution in [2.75, 3.05) is 0 Å². The van der Waals surface area contributed by atoms with E-state index in [1.165, 1.54) is 6.92 Å². The molecule has 0 radical (unpaired) electrons. The van der Waals surface area contributed by atoms with Crippen molar-refractivity contribution in [3.8, 4) is 5.75 Å². The van der Waals surface area contributed by atoms with E-state index >= 15 is 0 Å². The Morgan fingerprint density at radius 2 is 2.11 bits per heavy atom. The van der Waals surface area contributed by atoms with Gasteiger partial charge in [0.2, 0.25) is 0 Å². The largest absolute Gasteiger partial charge is 0.479 e. The highest BCUT2D eigenvalue weighted by Gasteiger charge is 2.16. The normalized spacial score (nSPS) is 12.4. The molecule has 2 rings (SSSR count). The Hall–Kier alpha value is -1.81. The zero-order valence-electron chi connectivity index (χ0n) is 10.9. The van der Waals surface area contributed by atoms with Crippen molar-refractivity contribution in [1.82, 2.24) is 4.98 Å². The van der Waals surface area contributed by atoms with Crippen molar-refractivity contribution < 1.29 is 14.6 Å². The zero-order valence-corrected chi connectivity index (χ0v) is 11.7. The molecule has 0 bridgehead atoms. The molecule has 0 amide bonds. The molecule has 1 aromatic heterocycles. The van der Waals surface area contributed by atoms with E-state index in [2.05, 4.69) is 4.98 Å². The number of hydrogen-bond donors (Lipinski definition) is 1. The molecular weight excluding hydrogens is 266 g/mol. The molecule has 1 unspecified atom stereocenters. The summed E-state index contributed by atoms with van der Waals surface area (Å²) in [6, 6.07) is 5.27. The van der Waals surface area contributed by atoms with E-state index in [4.69, 9.17) is 21.4 Å². The molecule has 0 fully saturated rings. The molecule has 0 aliphatic rings. The first-order valence-corrected chi connectivity index (χ1v) is 6.24. The maximum absolute atomic E-state index is 10.9. The summed E-state index contributed by atoms with van der Waals surface area (Å²) in [7, 11) is 0. The molecule has 1 N–H and O–H groups in total. The highest BCUT2D eigenvalue weighted by Crippen LogP contribution is 2.33. The molecular formula is C14H14ClNO3. The van der Waals surface area contributed by atoms with Gasteiger partial charge < -0.3 is 9.84 Å². The number of halogens is 1. The number of aromatic nitrogens is 1. The van der Waals surface area contributed by atoms with Crippen molar-refractivity contribution in [1.29, 1.82) is 0 Å². The monoisotopic (exact) mass is 279 g/mol. The molecule has 1 aromatic carbocycles. The van der Waals surface area contributed by atoms with Crippen LogP contribution in [0.15, 0.2) is 18.2 Å². The third-order valence-electron chi connectivity index (χ3n) is 2.85. The number of nitrogens with zero attached hydrogens (tertiary/aromatic N) is 1. The fourth-order valence-electron chi connectivity index (χ4n) is 1.96. The second-order valence-electron chi connectivity index (χ2n) is 4.45. The van der Waals surface area contributed by atoms with Gasteiger partial charge in [0.15, 0.2) is 6.10 Å². The SMILES string of the molecule is Cc1cc(C)c2c(Cl)ccc(OC(C)C(=O)O)c2n1. The van der Waals surface area contributed by atoms with Crippen LogP contribution in [0.25, 0.3) is 10.9 Å². The van der Waals surface area contributed by atoms with Crippen molar-refractivity contribution >= 4 is 28.5 Å². The molecule has 0 saturated carbocycles. The number of rotatable bonds is 3. The molecule has 1 heterocycles. The number of pyridine rings is 1. The van der Waals surface area contributed by atoms with Gasteiger partial charge >= 0.3 is 5.97 Å². The van der Waals surface area contributed by atoms with E-state index in [0.29, 0.717) is 16.3 Å². The Kier molecular flexibility index (Phi) is 3.62. The summed E-state index contributed by atoms with van der Waals surface area (Å²) < 4.78 is 5.43. The topological polar surface area (TPSA) is 59.4 Å². The average molecular weight is 280 g/mol. The van der Waals surface area contributed by atoms with Gasteiger partial charge in [0.25, 0.3) is 0 Å². The lowest BCUT2D eigenvalue weighted by Crippen LogP contribution is -2.23. The fourth-order valence-corrected chi connectivity index (χ4v) is 2.27. The van der Waals surface area contributed by atoms with Crippen molar-refractivity contribution in [2.24, 2.45) is 0 Å². The van der Waals surface area contributed by atoms with Gasteiger partial charge in [-0.3, -0.25) is 0 Å². The Balaban J connectivity index is 2.63. The maximum Gasteiger partial charge on any atom is 0.344 e. The van der Waals surface area contributed by atoms with Crippen molar-refractivity contribution in [3.05, 3.63) is 34.5 Å². The van der Waals surface area contributed by atoms with Gasteiger partial charge in [-0.2, -0.15) is 0 Å². The lowest BCUT2D eigenvalue weighted by Gasteiger charge is -2.14. The van der Waals surface area contributed by atoms with Gasteiger partial charge in [0, 0.05) is 11.1 Å². The van der Waals surface area contributed by atoms with Crippen LogP contribution < -0.4 is 4.74 Å². The number of fused-ring (bicyclic) bond motifs is 1. The molecule has 5 heteroatoms. The summed E-state index contributed by atoms with van der Waals surface area (Å²) >= 11 is 6.17. The lowest BCUT2D eigenvalue weighted by molar-refractivity contribution is -0.144. The van der Waals surface area contributed by atoms with Crippen LogP contribution in [-0.4, -0.2) is 22.2 Å². The number of carboxylic acids is 1. The third-order valence-corrected chi connectivity index (χ3v) is 3.16. The molecule has 0 spiro atoms. The van der Waals surface area contributed by atoms with Gasteiger partial charge in [-0.15, -0.1) is 0 Å². The first-order chi connectivity index (χ1) is 8.90. The van der Waals surface area contributed by atoms with Crippen LogP contribution >= 0.6 is 11.6 Å². The predicted octanol–water partition coefficient (Wildman–Crippen LogP) is 3.36. The van der Waals surface area contributed by atoms with Crippen molar-refractivity contribution in [2.45, 2.75) is 26.9 Å². The van der Waals surface area contributed by atoms with Gasteiger partial charge in [-0.25, -0.2) is 9.78 Å². The number of carbonyl (C=O) groups is 1. The third kappa shape index (κ3) is 2.63. The van der Waals surface area contributed by atoms with E-state index in [-0.39, 0.29) is 0 Å². The fraction of sp³-hybridized carbons (Fsp3) is 0.286. The first-order valence-electron chi connectivity index (χ1n) is 5.86. The standard InChI is InChI=1S/C14H14ClNO3/c1-7-6-8(2)16-13-11(19-9(3)14(17)18)5-4-10(15)12(7)13/h4-6,9H,1-3H3,(H,17,18). The number of carboxylic acid groups (broad SMARTS) is 1. The van der Waals surface area contributed by atoms with Gasteiger partial charge in [0.05, 0.1) is 5.02 Å². The van der Waals surface area contributed by atoms with Crippen LogP contribution in [0.5, 0.6) is 5.75 Å². The van der Waals surface area contributed by atoms with Gasteiger partial charge in [-0.05, 0) is 44.5 Å². The quantitative estimate of drug-likeness (QED) is 0.936. The lowest BCUT2D eigenvalue weighted by atomic mass is 10.1. The highest BCUT2D eigenvalue weighted by molar-refractivity contribution is 6.35. The molecule has 19 heavy (non-hydrogen) atoms. The minimum absolute atomic E-state index is 0.432. The smallest absolute Gasteiger partial charge is 0.344 e.